The van der Waals surface area contributed by atoms with Crippen molar-refractivity contribution < 1.29 is 19.1 Å². The number of amides is 2. The zero-order valence-corrected chi connectivity index (χ0v) is 11.6. The molecule has 1 atom stereocenters. The van der Waals surface area contributed by atoms with Gasteiger partial charge in [-0.2, -0.15) is 0 Å². The minimum atomic E-state index is -0.818. The molecule has 0 spiro atoms. The van der Waals surface area contributed by atoms with Crippen LogP contribution >= 0.6 is 0 Å². The summed E-state index contributed by atoms with van der Waals surface area (Å²) < 4.78 is 4.88. The molecule has 106 valence electrons. The number of urea groups is 1. The number of anilines is 1. The van der Waals surface area contributed by atoms with Gasteiger partial charge in [0.1, 0.15) is 0 Å². The Bertz CT molecular complexity index is 583. The van der Waals surface area contributed by atoms with Gasteiger partial charge in [0, 0.05) is 31.8 Å². The van der Waals surface area contributed by atoms with E-state index in [2.05, 4.69) is 5.32 Å². The number of fused-ring (bicyclic) bond motifs is 1. The topological polar surface area (TPSA) is 75.7 Å². The van der Waals surface area contributed by atoms with Gasteiger partial charge in [0.2, 0.25) is 5.78 Å². The molecule has 6 heteroatoms. The van der Waals surface area contributed by atoms with Gasteiger partial charge in [-0.05, 0) is 30.7 Å². The number of carbonyl (C=O) groups is 3. The molecular formula is C14H16N2O4. The summed E-state index contributed by atoms with van der Waals surface area (Å²) in [5, 5.41) is 2.73. The summed E-state index contributed by atoms with van der Waals surface area (Å²) >= 11 is 0. The Kier molecular flexibility index (Phi) is 3.74. The largest absolute Gasteiger partial charge is 0.454 e. The maximum Gasteiger partial charge on any atom is 0.321 e. The standard InChI is InChI=1S/C14H16N2O4/c1-8(20-9(2)17)13(18)10-4-5-12-11(6-10)7-16(3)14(19)15-12/h4-6,8H,7H2,1-3H3,(H,15,19). The first kappa shape index (κ1) is 14.0. The van der Waals surface area contributed by atoms with E-state index >= 15 is 0 Å². The number of benzene rings is 1. The summed E-state index contributed by atoms with van der Waals surface area (Å²) in [7, 11) is 1.67. The molecule has 0 saturated heterocycles. The second-order valence-corrected chi connectivity index (χ2v) is 4.77. The van der Waals surface area contributed by atoms with Crippen LogP contribution in [0, 0.1) is 0 Å². The highest BCUT2D eigenvalue weighted by molar-refractivity contribution is 6.01. The van der Waals surface area contributed by atoms with Crippen molar-refractivity contribution in [3.63, 3.8) is 0 Å². The minimum absolute atomic E-state index is 0.176. The Morgan fingerprint density at radius 3 is 2.75 bits per heavy atom. The molecular weight excluding hydrogens is 260 g/mol. The third-order valence-corrected chi connectivity index (χ3v) is 3.10. The summed E-state index contributed by atoms with van der Waals surface area (Å²) in [5.41, 5.74) is 2.01. The Morgan fingerprint density at radius 1 is 1.40 bits per heavy atom. The van der Waals surface area contributed by atoms with Crippen LogP contribution in [-0.2, 0) is 16.1 Å². The molecule has 1 aromatic carbocycles. The van der Waals surface area contributed by atoms with Crippen molar-refractivity contribution in [1.29, 1.82) is 0 Å². The second-order valence-electron chi connectivity index (χ2n) is 4.77. The second kappa shape index (κ2) is 5.32. The van der Waals surface area contributed by atoms with Crippen LogP contribution in [-0.4, -0.2) is 35.8 Å². The molecule has 0 saturated carbocycles. The van der Waals surface area contributed by atoms with Crippen molar-refractivity contribution in [2.75, 3.05) is 12.4 Å². The molecule has 1 heterocycles. The highest BCUT2D eigenvalue weighted by atomic mass is 16.5. The maximum absolute atomic E-state index is 12.1. The van der Waals surface area contributed by atoms with E-state index in [1.807, 2.05) is 0 Å². The number of esters is 1. The van der Waals surface area contributed by atoms with Crippen molar-refractivity contribution in [2.24, 2.45) is 0 Å². The van der Waals surface area contributed by atoms with Crippen molar-refractivity contribution in [3.8, 4) is 0 Å². The molecule has 0 radical (unpaired) electrons. The molecule has 2 rings (SSSR count). The van der Waals surface area contributed by atoms with E-state index < -0.39 is 12.1 Å². The zero-order chi connectivity index (χ0) is 14.9. The highest BCUT2D eigenvalue weighted by Crippen LogP contribution is 2.24. The number of carbonyl (C=O) groups excluding carboxylic acids is 3. The molecule has 0 aromatic heterocycles. The van der Waals surface area contributed by atoms with Crippen molar-refractivity contribution >= 4 is 23.5 Å². The number of hydrogen-bond acceptors (Lipinski definition) is 4. The number of ether oxygens (including phenoxy) is 1. The van der Waals surface area contributed by atoms with Gasteiger partial charge in [0.25, 0.3) is 0 Å². The predicted molar refractivity (Wildman–Crippen MR) is 72.5 cm³/mol. The first-order chi connectivity index (χ1) is 9.38. The van der Waals surface area contributed by atoms with E-state index in [1.165, 1.54) is 18.7 Å². The summed E-state index contributed by atoms with van der Waals surface area (Å²) in [6.45, 7) is 3.24. The van der Waals surface area contributed by atoms with Crippen LogP contribution in [0.4, 0.5) is 10.5 Å². The average molecular weight is 276 g/mol. The predicted octanol–water partition coefficient (Wildman–Crippen LogP) is 1.80. The molecule has 1 aromatic rings. The van der Waals surface area contributed by atoms with Crippen LogP contribution in [0.15, 0.2) is 18.2 Å². The third kappa shape index (κ3) is 2.79. The Morgan fingerprint density at radius 2 is 2.10 bits per heavy atom. The Labute approximate surface area is 116 Å². The molecule has 0 aliphatic carbocycles. The van der Waals surface area contributed by atoms with Gasteiger partial charge in [-0.25, -0.2) is 4.79 Å². The summed E-state index contributed by atoms with van der Waals surface area (Å²) in [6.07, 6.45) is -0.818. The lowest BCUT2D eigenvalue weighted by molar-refractivity contribution is -0.143. The fraction of sp³-hybridized carbons (Fsp3) is 0.357. The van der Waals surface area contributed by atoms with E-state index in [-0.39, 0.29) is 11.8 Å². The van der Waals surface area contributed by atoms with Crippen molar-refractivity contribution in [1.82, 2.24) is 4.90 Å². The van der Waals surface area contributed by atoms with Crippen molar-refractivity contribution in [3.05, 3.63) is 29.3 Å². The fourth-order valence-electron chi connectivity index (χ4n) is 2.07. The quantitative estimate of drug-likeness (QED) is 0.674. The number of nitrogens with zero attached hydrogens (tertiary/aromatic N) is 1. The average Bonchev–Trinajstić information content (AvgIpc) is 2.38. The molecule has 1 unspecified atom stereocenters. The van der Waals surface area contributed by atoms with Crippen LogP contribution in [0.3, 0.4) is 0 Å². The van der Waals surface area contributed by atoms with E-state index in [0.717, 1.165) is 5.56 Å². The molecule has 1 aliphatic rings. The van der Waals surface area contributed by atoms with Gasteiger partial charge < -0.3 is 15.0 Å². The molecule has 6 nitrogen and oxygen atoms in total. The summed E-state index contributed by atoms with van der Waals surface area (Å²) in [4.78, 5) is 36.0. The SMILES string of the molecule is CC(=O)OC(C)C(=O)c1ccc2c(c1)CN(C)C(=O)N2. The van der Waals surface area contributed by atoms with Crippen LogP contribution in [0.5, 0.6) is 0 Å². The lowest BCUT2D eigenvalue weighted by Gasteiger charge is -2.26. The molecule has 20 heavy (non-hydrogen) atoms. The van der Waals surface area contributed by atoms with E-state index in [9.17, 15) is 14.4 Å². The van der Waals surface area contributed by atoms with Crippen LogP contribution < -0.4 is 5.32 Å². The lowest BCUT2D eigenvalue weighted by atomic mass is 10.0. The van der Waals surface area contributed by atoms with Crippen LogP contribution in [0.25, 0.3) is 0 Å². The number of hydrogen-bond donors (Lipinski definition) is 1. The molecule has 1 aliphatic heterocycles. The van der Waals surface area contributed by atoms with E-state index in [0.29, 0.717) is 17.8 Å². The van der Waals surface area contributed by atoms with E-state index in [1.54, 1.807) is 25.2 Å². The van der Waals surface area contributed by atoms with Crippen molar-refractivity contribution in [2.45, 2.75) is 26.5 Å². The molecule has 0 fully saturated rings. The lowest BCUT2D eigenvalue weighted by Crippen LogP contribution is -2.35. The molecule has 0 bridgehead atoms. The number of ketones is 1. The van der Waals surface area contributed by atoms with Gasteiger partial charge in [-0.1, -0.05) is 0 Å². The maximum atomic E-state index is 12.1. The Hall–Kier alpha value is -2.37. The molecule has 1 N–H and O–H groups in total. The van der Waals surface area contributed by atoms with Crippen LogP contribution in [0.2, 0.25) is 0 Å². The minimum Gasteiger partial charge on any atom is -0.454 e. The fourth-order valence-corrected chi connectivity index (χ4v) is 2.07. The number of rotatable bonds is 3. The highest BCUT2D eigenvalue weighted by Gasteiger charge is 2.23. The Balaban J connectivity index is 2.23. The monoisotopic (exact) mass is 276 g/mol. The van der Waals surface area contributed by atoms with E-state index in [4.69, 9.17) is 4.74 Å². The smallest absolute Gasteiger partial charge is 0.321 e. The van der Waals surface area contributed by atoms with Gasteiger partial charge in [0.15, 0.2) is 6.10 Å². The van der Waals surface area contributed by atoms with Gasteiger partial charge in [-0.15, -0.1) is 0 Å². The van der Waals surface area contributed by atoms with Crippen LogP contribution in [0.1, 0.15) is 29.8 Å². The normalized spacial score (nSPS) is 15.2. The van der Waals surface area contributed by atoms with Gasteiger partial charge in [0.05, 0.1) is 0 Å². The molecule has 2 amide bonds. The summed E-state index contributed by atoms with van der Waals surface area (Å²) in [6, 6.07) is 4.85. The third-order valence-electron chi connectivity index (χ3n) is 3.10. The van der Waals surface area contributed by atoms with Gasteiger partial charge in [-0.3, -0.25) is 9.59 Å². The first-order valence-corrected chi connectivity index (χ1v) is 6.25. The number of Topliss-reactive ketones (excluding diaryl/α,β-unsaturated/α-hetero) is 1. The first-order valence-electron chi connectivity index (χ1n) is 6.25. The zero-order valence-electron chi connectivity index (χ0n) is 11.6. The van der Waals surface area contributed by atoms with Gasteiger partial charge >= 0.3 is 12.0 Å². The summed E-state index contributed by atoms with van der Waals surface area (Å²) in [5.74, 6) is -0.752. The number of nitrogens with one attached hydrogen (secondary N) is 1.